The molecule has 4 aromatic heterocycles. The second-order valence-corrected chi connectivity index (χ2v) is 11.8. The highest BCUT2D eigenvalue weighted by Crippen LogP contribution is 2.47. The number of methoxy groups -OCH3 is 1. The van der Waals surface area contributed by atoms with Gasteiger partial charge in [-0.3, -0.25) is 14.6 Å². The summed E-state index contributed by atoms with van der Waals surface area (Å²) in [7, 11) is 1.53. The average Bonchev–Trinajstić information content (AvgIpc) is 3.79. The highest BCUT2D eigenvalue weighted by Gasteiger charge is 2.30. The minimum atomic E-state index is -0.785. The van der Waals surface area contributed by atoms with E-state index in [1.807, 2.05) is 47.3 Å². The molecule has 0 radical (unpaired) electrons. The number of H-pyrrole nitrogens is 1. The van der Waals surface area contributed by atoms with Crippen molar-refractivity contribution in [1.29, 1.82) is 0 Å². The molecule has 7 rings (SSSR count). The highest BCUT2D eigenvalue weighted by atomic mass is 32.1. The van der Waals surface area contributed by atoms with E-state index in [9.17, 15) is 9.18 Å². The van der Waals surface area contributed by atoms with Gasteiger partial charge in [-0.1, -0.05) is 18.7 Å². The first-order valence-electron chi connectivity index (χ1n) is 14.3. The Labute approximate surface area is 260 Å². The molecule has 0 bridgehead atoms. The third-order valence-electron chi connectivity index (χ3n) is 8.00. The van der Waals surface area contributed by atoms with Gasteiger partial charge in [-0.2, -0.15) is 10.2 Å². The third kappa shape index (κ3) is 5.05. The lowest BCUT2D eigenvalue weighted by molar-refractivity contribution is -0.129. The van der Waals surface area contributed by atoms with Crippen molar-refractivity contribution >= 4 is 38.2 Å². The zero-order valence-corrected chi connectivity index (χ0v) is 25.3. The predicted octanol–water partition coefficient (Wildman–Crippen LogP) is 6.59. The first-order chi connectivity index (χ1) is 21.9. The number of rotatable bonds is 8. The summed E-state index contributed by atoms with van der Waals surface area (Å²) in [6.45, 7) is 6.71. The summed E-state index contributed by atoms with van der Waals surface area (Å²) in [5, 5.41) is 15.8. The molecule has 5 heterocycles. The van der Waals surface area contributed by atoms with Crippen LogP contribution in [0.4, 0.5) is 8.78 Å². The number of hydrogen-bond donors (Lipinski definition) is 1. The summed E-state index contributed by atoms with van der Waals surface area (Å²) in [5.74, 6) is -1.68. The van der Waals surface area contributed by atoms with E-state index in [-0.39, 0.29) is 36.5 Å². The topological polar surface area (TPSA) is 98.2 Å². The molecule has 1 aliphatic heterocycles. The van der Waals surface area contributed by atoms with Crippen molar-refractivity contribution < 1.29 is 23.0 Å². The van der Waals surface area contributed by atoms with Crippen molar-refractivity contribution in [3.05, 3.63) is 84.0 Å². The Kier molecular flexibility index (Phi) is 7.38. The first kappa shape index (κ1) is 28.8. The van der Waals surface area contributed by atoms with Crippen LogP contribution in [0.15, 0.2) is 66.7 Å². The fourth-order valence-electron chi connectivity index (χ4n) is 5.84. The predicted molar refractivity (Wildman–Crippen MR) is 169 cm³/mol. The number of pyridine rings is 1. The van der Waals surface area contributed by atoms with E-state index in [2.05, 4.69) is 16.8 Å². The molecule has 0 saturated heterocycles. The number of benzene rings is 2. The Morgan fingerprint density at radius 2 is 2.02 bits per heavy atom. The summed E-state index contributed by atoms with van der Waals surface area (Å²) in [6, 6.07) is 11.6. The van der Waals surface area contributed by atoms with Gasteiger partial charge in [0.1, 0.15) is 35.4 Å². The molecule has 1 aliphatic rings. The third-order valence-corrected chi connectivity index (χ3v) is 8.93. The Morgan fingerprint density at radius 1 is 1.16 bits per heavy atom. The zero-order chi connectivity index (χ0) is 31.2. The second-order valence-electron chi connectivity index (χ2n) is 10.8. The quantitative estimate of drug-likeness (QED) is 0.151. The fourth-order valence-corrected chi connectivity index (χ4v) is 6.78. The Balaban J connectivity index is 1.49. The fraction of sp³-hybridized carbons (Fsp3) is 0.212. The van der Waals surface area contributed by atoms with E-state index in [1.54, 1.807) is 11.1 Å². The maximum atomic E-state index is 16.0. The molecule has 0 unspecified atom stereocenters. The Bertz CT molecular complexity index is 2100. The van der Waals surface area contributed by atoms with Crippen molar-refractivity contribution in [2.75, 3.05) is 20.3 Å². The van der Waals surface area contributed by atoms with E-state index >= 15 is 4.39 Å². The summed E-state index contributed by atoms with van der Waals surface area (Å²) < 4.78 is 44.2. The molecule has 0 saturated carbocycles. The van der Waals surface area contributed by atoms with Crippen molar-refractivity contribution in [2.45, 2.75) is 26.1 Å². The molecule has 228 valence electrons. The largest absolute Gasteiger partial charge is 0.490 e. The lowest BCUT2D eigenvalue weighted by Gasteiger charge is -2.33. The molecule has 0 fully saturated rings. The second kappa shape index (κ2) is 11.5. The monoisotopic (exact) mass is 626 g/mol. The number of halogens is 2. The summed E-state index contributed by atoms with van der Waals surface area (Å²) >= 11 is 1.42. The first-order valence-corrected chi connectivity index (χ1v) is 15.2. The van der Waals surface area contributed by atoms with Crippen LogP contribution in [0.5, 0.6) is 5.75 Å². The van der Waals surface area contributed by atoms with E-state index in [1.165, 1.54) is 30.6 Å². The van der Waals surface area contributed by atoms with Crippen molar-refractivity contribution in [3.8, 4) is 39.5 Å². The summed E-state index contributed by atoms with van der Waals surface area (Å²) in [4.78, 5) is 19.5. The maximum Gasteiger partial charge on any atom is 0.246 e. The number of thiophene rings is 1. The summed E-state index contributed by atoms with van der Waals surface area (Å²) in [6.07, 6.45) is 3.06. The number of fused-ring (bicyclic) bond motifs is 3. The number of aromatic nitrogens is 5. The van der Waals surface area contributed by atoms with E-state index in [0.717, 1.165) is 38.3 Å². The molecule has 6 aromatic rings. The van der Waals surface area contributed by atoms with Crippen LogP contribution >= 0.6 is 11.3 Å². The Morgan fingerprint density at radius 3 is 2.84 bits per heavy atom. The number of amides is 1. The van der Waals surface area contributed by atoms with Gasteiger partial charge in [0.2, 0.25) is 5.91 Å². The number of hydrogen-bond acceptors (Lipinski definition) is 7. The number of aromatic amines is 1. The van der Waals surface area contributed by atoms with Crippen LogP contribution in [0.25, 0.3) is 54.8 Å². The van der Waals surface area contributed by atoms with Gasteiger partial charge in [-0.15, -0.1) is 11.3 Å². The standard InChI is InChI=1S/C33H28F2N6O3S/c1-4-28(42)40-17-22-14-26(39-41(22)16-18(40)2)32-30(29-24(35)12-21(34)13-27(29)44-9-8-43-3)33-23(7-10-45-33)31(37-32)19-5-6-20-15-36-38-25(20)11-19/h4-7,10-15,18H,1,8-9,16-17H2,2-3H3,(H,36,38)/t18-/m1/s1. The normalized spacial score (nSPS) is 14.7. The molecule has 0 aliphatic carbocycles. The Hall–Kier alpha value is -4.94. The van der Waals surface area contributed by atoms with Crippen molar-refractivity contribution in [3.63, 3.8) is 0 Å². The van der Waals surface area contributed by atoms with Crippen LogP contribution in [0.1, 0.15) is 12.6 Å². The lowest BCUT2D eigenvalue weighted by Crippen LogP contribution is -2.44. The van der Waals surface area contributed by atoms with Gasteiger partial charge in [0.05, 0.1) is 48.4 Å². The molecule has 0 spiro atoms. The molecule has 1 N–H and O–H groups in total. The molecule has 9 nitrogen and oxygen atoms in total. The molecule has 45 heavy (non-hydrogen) atoms. The van der Waals surface area contributed by atoms with E-state index < -0.39 is 11.6 Å². The van der Waals surface area contributed by atoms with Crippen LogP contribution in [0.3, 0.4) is 0 Å². The zero-order valence-electron chi connectivity index (χ0n) is 24.5. The molecular formula is C33H28F2N6O3S. The van der Waals surface area contributed by atoms with Gasteiger partial charge in [-0.05, 0) is 36.6 Å². The van der Waals surface area contributed by atoms with Crippen molar-refractivity contribution in [2.24, 2.45) is 0 Å². The van der Waals surface area contributed by atoms with Crippen LogP contribution in [0.2, 0.25) is 0 Å². The van der Waals surface area contributed by atoms with Gasteiger partial charge in [-0.25, -0.2) is 13.8 Å². The number of carbonyl (C=O) groups is 1. The minimum Gasteiger partial charge on any atom is -0.490 e. The van der Waals surface area contributed by atoms with Gasteiger partial charge in [0.25, 0.3) is 0 Å². The van der Waals surface area contributed by atoms with Gasteiger partial charge < -0.3 is 14.4 Å². The van der Waals surface area contributed by atoms with E-state index in [0.29, 0.717) is 35.7 Å². The van der Waals surface area contributed by atoms with Gasteiger partial charge >= 0.3 is 0 Å². The number of nitrogens with zero attached hydrogens (tertiary/aromatic N) is 5. The van der Waals surface area contributed by atoms with Crippen LogP contribution in [-0.4, -0.2) is 62.1 Å². The smallest absolute Gasteiger partial charge is 0.246 e. The van der Waals surface area contributed by atoms with Crippen LogP contribution < -0.4 is 4.74 Å². The number of ether oxygens (including phenoxy) is 2. The van der Waals surface area contributed by atoms with Crippen LogP contribution in [-0.2, 0) is 22.6 Å². The molecule has 12 heteroatoms. The number of nitrogens with one attached hydrogen (secondary N) is 1. The SMILES string of the molecule is C=CC(=O)N1Cc2cc(-c3nc(-c4ccc5cn[nH]c5c4)c4ccsc4c3-c3c(F)cc(F)cc3OCCOC)nn2C[C@H]1C. The summed E-state index contributed by atoms with van der Waals surface area (Å²) in [5.41, 5.74) is 4.58. The highest BCUT2D eigenvalue weighted by molar-refractivity contribution is 7.18. The minimum absolute atomic E-state index is 0.0364. The lowest BCUT2D eigenvalue weighted by atomic mass is 9.96. The van der Waals surface area contributed by atoms with E-state index in [4.69, 9.17) is 19.6 Å². The number of carbonyl (C=O) groups excluding carboxylic acids is 1. The molecule has 1 amide bonds. The molecule has 1 atom stereocenters. The molecular weight excluding hydrogens is 598 g/mol. The van der Waals surface area contributed by atoms with Gasteiger partial charge in [0.15, 0.2) is 0 Å². The maximum absolute atomic E-state index is 16.0. The van der Waals surface area contributed by atoms with Gasteiger partial charge in [0, 0.05) is 51.9 Å². The molecule has 2 aromatic carbocycles. The average molecular weight is 627 g/mol. The van der Waals surface area contributed by atoms with Crippen molar-refractivity contribution in [1.82, 2.24) is 29.9 Å². The van der Waals surface area contributed by atoms with Crippen LogP contribution in [0, 0.1) is 11.6 Å².